The summed E-state index contributed by atoms with van der Waals surface area (Å²) in [6.45, 7) is 2.96. The van der Waals surface area contributed by atoms with Crippen LogP contribution in [0.2, 0.25) is 0 Å². The van der Waals surface area contributed by atoms with Crippen molar-refractivity contribution in [3.63, 3.8) is 0 Å². The van der Waals surface area contributed by atoms with Crippen molar-refractivity contribution in [1.29, 1.82) is 0 Å². The zero-order valence-corrected chi connectivity index (χ0v) is 11.0. The summed E-state index contributed by atoms with van der Waals surface area (Å²) in [5, 5.41) is 14.2. The second-order valence-electron chi connectivity index (χ2n) is 4.52. The molecule has 0 fully saturated rings. The van der Waals surface area contributed by atoms with Gasteiger partial charge in [-0.1, -0.05) is 44.0 Å². The van der Waals surface area contributed by atoms with E-state index in [4.69, 9.17) is 5.11 Å². The molecule has 0 aliphatic rings. The van der Waals surface area contributed by atoms with E-state index in [-0.39, 0.29) is 5.69 Å². The first-order valence-electron chi connectivity index (χ1n) is 6.59. The molecule has 1 aromatic carbocycles. The number of hydrogen-bond donors (Lipinski definition) is 2. The molecule has 0 bridgehead atoms. The number of hydrogen-bond acceptors (Lipinski definition) is 3. The summed E-state index contributed by atoms with van der Waals surface area (Å²) >= 11 is 0. The molecule has 2 N–H and O–H groups in total. The summed E-state index contributed by atoms with van der Waals surface area (Å²) < 4.78 is 0. The van der Waals surface area contributed by atoms with Gasteiger partial charge in [0, 0.05) is 11.9 Å². The lowest BCUT2D eigenvalue weighted by Crippen LogP contribution is -2.08. The van der Waals surface area contributed by atoms with Crippen LogP contribution in [0.15, 0.2) is 30.3 Å². The summed E-state index contributed by atoms with van der Waals surface area (Å²) in [5.41, 5.74) is 0.0803. The van der Waals surface area contributed by atoms with E-state index >= 15 is 0 Å². The molecule has 0 unspecified atom stereocenters. The molecule has 0 radical (unpaired) electrons. The second-order valence-corrected chi connectivity index (χ2v) is 4.52. The van der Waals surface area contributed by atoms with Gasteiger partial charge in [0.2, 0.25) is 0 Å². The molecule has 1 heterocycles. The topological polar surface area (TPSA) is 62.2 Å². The highest BCUT2D eigenvalue weighted by molar-refractivity contribution is 5.97. The number of nitrogens with one attached hydrogen (secondary N) is 1. The lowest BCUT2D eigenvalue weighted by atomic mass is 10.1. The molecule has 1 aromatic heterocycles. The van der Waals surface area contributed by atoms with Crippen molar-refractivity contribution in [3.8, 4) is 0 Å². The summed E-state index contributed by atoms with van der Waals surface area (Å²) in [4.78, 5) is 15.3. The number of carboxylic acid groups (broad SMARTS) is 1. The Morgan fingerprint density at radius 3 is 2.84 bits per heavy atom. The number of nitrogens with zero attached hydrogens (tertiary/aromatic N) is 1. The van der Waals surface area contributed by atoms with Gasteiger partial charge < -0.3 is 10.4 Å². The van der Waals surface area contributed by atoms with Gasteiger partial charge in [-0.05, 0) is 17.9 Å². The Hall–Kier alpha value is -2.10. The highest BCUT2D eigenvalue weighted by atomic mass is 16.4. The van der Waals surface area contributed by atoms with E-state index < -0.39 is 5.97 Å². The van der Waals surface area contributed by atoms with Crippen LogP contribution in [0.25, 0.3) is 10.8 Å². The van der Waals surface area contributed by atoms with E-state index in [1.807, 2.05) is 24.3 Å². The largest absolute Gasteiger partial charge is 0.477 e. The molecular formula is C15H18N2O2. The minimum atomic E-state index is -0.998. The van der Waals surface area contributed by atoms with Gasteiger partial charge in [-0.3, -0.25) is 0 Å². The second kappa shape index (κ2) is 6.18. The van der Waals surface area contributed by atoms with Crippen molar-refractivity contribution in [3.05, 3.63) is 36.0 Å². The zero-order valence-electron chi connectivity index (χ0n) is 11.0. The molecule has 4 heteroatoms. The highest BCUT2D eigenvalue weighted by Crippen LogP contribution is 2.22. The predicted molar refractivity (Wildman–Crippen MR) is 76.7 cm³/mol. The van der Waals surface area contributed by atoms with E-state index in [2.05, 4.69) is 17.2 Å². The normalized spacial score (nSPS) is 10.6. The Balaban J connectivity index is 2.31. The monoisotopic (exact) mass is 258 g/mol. The van der Waals surface area contributed by atoms with Crippen LogP contribution in [0, 0.1) is 0 Å². The zero-order chi connectivity index (χ0) is 13.7. The van der Waals surface area contributed by atoms with Crippen LogP contribution in [-0.2, 0) is 0 Å². The number of carbonyl (C=O) groups is 1. The quantitative estimate of drug-likeness (QED) is 0.778. The molecule has 0 spiro atoms. The first kappa shape index (κ1) is 13.3. The van der Waals surface area contributed by atoms with Crippen molar-refractivity contribution in [2.75, 3.05) is 11.9 Å². The molecule has 0 aliphatic carbocycles. The van der Waals surface area contributed by atoms with E-state index in [1.165, 1.54) is 0 Å². The van der Waals surface area contributed by atoms with Crippen LogP contribution in [0.5, 0.6) is 0 Å². The number of unbranched alkanes of at least 4 members (excludes halogenated alkanes) is 2. The predicted octanol–water partition coefficient (Wildman–Crippen LogP) is 3.54. The van der Waals surface area contributed by atoms with Crippen LogP contribution >= 0.6 is 0 Å². The first-order valence-corrected chi connectivity index (χ1v) is 6.59. The van der Waals surface area contributed by atoms with Gasteiger partial charge >= 0.3 is 5.97 Å². The van der Waals surface area contributed by atoms with Crippen molar-refractivity contribution < 1.29 is 9.90 Å². The maximum Gasteiger partial charge on any atom is 0.354 e. The van der Waals surface area contributed by atoms with Gasteiger partial charge in [-0.2, -0.15) is 0 Å². The third-order valence-electron chi connectivity index (χ3n) is 3.03. The average molecular weight is 258 g/mol. The SMILES string of the molecule is CCCCCNc1nc(C(=O)O)cc2ccccc12. The van der Waals surface area contributed by atoms with E-state index in [0.29, 0.717) is 5.82 Å². The van der Waals surface area contributed by atoms with Crippen molar-refractivity contribution >= 4 is 22.6 Å². The third-order valence-corrected chi connectivity index (χ3v) is 3.03. The maximum atomic E-state index is 11.1. The number of pyridine rings is 1. The van der Waals surface area contributed by atoms with Crippen molar-refractivity contribution in [2.24, 2.45) is 0 Å². The molecule has 0 atom stereocenters. The minimum absolute atomic E-state index is 0.0803. The van der Waals surface area contributed by atoms with Gasteiger partial charge in [0.25, 0.3) is 0 Å². The lowest BCUT2D eigenvalue weighted by Gasteiger charge is -2.09. The van der Waals surface area contributed by atoms with Gasteiger partial charge in [0.05, 0.1) is 0 Å². The van der Waals surface area contributed by atoms with E-state index in [1.54, 1.807) is 6.07 Å². The number of benzene rings is 1. The Kier molecular flexibility index (Phi) is 4.34. The fourth-order valence-corrected chi connectivity index (χ4v) is 2.02. The van der Waals surface area contributed by atoms with Crippen LogP contribution in [-0.4, -0.2) is 22.6 Å². The molecule has 4 nitrogen and oxygen atoms in total. The average Bonchev–Trinajstić information content (AvgIpc) is 2.43. The van der Waals surface area contributed by atoms with Crippen LogP contribution in [0.4, 0.5) is 5.82 Å². The lowest BCUT2D eigenvalue weighted by molar-refractivity contribution is 0.0691. The van der Waals surface area contributed by atoms with E-state index in [9.17, 15) is 4.79 Å². The first-order chi connectivity index (χ1) is 9.22. The number of anilines is 1. The number of carboxylic acids is 1. The fraction of sp³-hybridized carbons (Fsp3) is 0.333. The van der Waals surface area contributed by atoms with Gasteiger partial charge in [-0.25, -0.2) is 9.78 Å². The molecule has 0 amide bonds. The molecule has 0 saturated heterocycles. The fourth-order valence-electron chi connectivity index (χ4n) is 2.02. The minimum Gasteiger partial charge on any atom is -0.477 e. The van der Waals surface area contributed by atoms with Crippen molar-refractivity contribution in [2.45, 2.75) is 26.2 Å². The Morgan fingerprint density at radius 2 is 2.11 bits per heavy atom. The Morgan fingerprint density at radius 1 is 1.32 bits per heavy atom. The molecule has 2 rings (SSSR count). The Bertz CT molecular complexity index is 581. The number of aromatic carboxylic acids is 1. The van der Waals surface area contributed by atoms with Gasteiger partial charge in [0.1, 0.15) is 5.82 Å². The maximum absolute atomic E-state index is 11.1. The van der Waals surface area contributed by atoms with E-state index in [0.717, 1.165) is 36.6 Å². The molecule has 2 aromatic rings. The molecular weight excluding hydrogens is 240 g/mol. The smallest absolute Gasteiger partial charge is 0.354 e. The summed E-state index contributed by atoms with van der Waals surface area (Å²) in [6, 6.07) is 9.29. The van der Waals surface area contributed by atoms with Crippen molar-refractivity contribution in [1.82, 2.24) is 4.98 Å². The Labute approximate surface area is 112 Å². The number of aromatic nitrogens is 1. The van der Waals surface area contributed by atoms with Crippen LogP contribution in [0.3, 0.4) is 0 Å². The number of fused-ring (bicyclic) bond motifs is 1. The summed E-state index contributed by atoms with van der Waals surface area (Å²) in [5.74, 6) is -0.339. The molecule has 19 heavy (non-hydrogen) atoms. The third kappa shape index (κ3) is 3.22. The molecule has 0 saturated carbocycles. The van der Waals surface area contributed by atoms with Gasteiger partial charge in [-0.15, -0.1) is 0 Å². The van der Waals surface area contributed by atoms with Crippen LogP contribution in [0.1, 0.15) is 36.7 Å². The highest BCUT2D eigenvalue weighted by Gasteiger charge is 2.10. The van der Waals surface area contributed by atoms with Gasteiger partial charge in [0.15, 0.2) is 5.69 Å². The summed E-state index contributed by atoms with van der Waals surface area (Å²) in [6.07, 6.45) is 3.37. The molecule has 100 valence electrons. The standard InChI is InChI=1S/C15H18N2O2/c1-2-3-6-9-16-14-12-8-5-4-7-11(12)10-13(17-14)15(18)19/h4-5,7-8,10H,2-3,6,9H2,1H3,(H,16,17)(H,18,19). The summed E-state index contributed by atoms with van der Waals surface area (Å²) in [7, 11) is 0. The van der Waals surface area contributed by atoms with Crippen LogP contribution < -0.4 is 5.32 Å². The number of rotatable bonds is 6. The molecule has 0 aliphatic heterocycles.